The second-order valence-electron chi connectivity index (χ2n) is 4.55. The number of imidazole rings is 1. The zero-order valence-corrected chi connectivity index (χ0v) is 12.1. The zero-order valence-electron chi connectivity index (χ0n) is 12.1. The molecule has 0 aliphatic rings. The quantitative estimate of drug-likeness (QED) is 0.848. The van der Waals surface area contributed by atoms with Crippen molar-refractivity contribution in [2.24, 2.45) is 7.05 Å². The number of hydrogen-bond acceptors (Lipinski definition) is 4. The molecule has 0 saturated carbocycles. The number of carboxylic acids is 1. The topological polar surface area (TPSA) is 73.6 Å². The van der Waals surface area contributed by atoms with Crippen LogP contribution in [0.3, 0.4) is 0 Å². The van der Waals surface area contributed by atoms with Gasteiger partial charge in [0.15, 0.2) is 0 Å². The normalized spacial score (nSPS) is 10.4. The van der Waals surface area contributed by atoms with E-state index >= 15 is 0 Å². The molecule has 1 aromatic carbocycles. The van der Waals surface area contributed by atoms with Gasteiger partial charge in [0, 0.05) is 25.5 Å². The van der Waals surface area contributed by atoms with Crippen LogP contribution in [-0.2, 0) is 13.7 Å². The van der Waals surface area contributed by atoms with Crippen molar-refractivity contribution >= 4 is 5.97 Å². The summed E-state index contributed by atoms with van der Waals surface area (Å²) in [5.74, 6) is 0.550. The van der Waals surface area contributed by atoms with E-state index in [0.29, 0.717) is 18.2 Å². The number of hydrogen-bond donors (Lipinski definition) is 1. The summed E-state index contributed by atoms with van der Waals surface area (Å²) in [6, 6.07) is 4.72. The fourth-order valence-electron chi connectivity index (χ4n) is 1.79. The molecule has 6 nitrogen and oxygen atoms in total. The first-order chi connectivity index (χ1) is 10.1. The Kier molecular flexibility index (Phi) is 4.81. The maximum atomic E-state index is 11.2. The van der Waals surface area contributed by atoms with Crippen molar-refractivity contribution in [3.63, 3.8) is 0 Å². The number of benzene rings is 1. The molecule has 0 atom stereocenters. The van der Waals surface area contributed by atoms with Crippen molar-refractivity contribution in [3.8, 4) is 11.5 Å². The van der Waals surface area contributed by atoms with E-state index in [2.05, 4.69) is 4.98 Å². The van der Waals surface area contributed by atoms with Gasteiger partial charge in [-0.15, -0.1) is 0 Å². The molecule has 1 N–H and O–H groups in total. The molecule has 1 heterocycles. The Morgan fingerprint density at radius 2 is 2.19 bits per heavy atom. The highest BCUT2D eigenvalue weighted by molar-refractivity contribution is 5.91. The Morgan fingerprint density at radius 3 is 2.81 bits per heavy atom. The highest BCUT2D eigenvalue weighted by Gasteiger charge is 2.13. The lowest BCUT2D eigenvalue weighted by atomic mass is 10.2. The first kappa shape index (κ1) is 14.9. The SMILES string of the molecule is CCCOc1ccc(C(=O)O)c(OCc2nccn2C)c1. The number of carboxylic acid groups (broad SMARTS) is 1. The van der Waals surface area contributed by atoms with Gasteiger partial charge in [-0.1, -0.05) is 6.92 Å². The summed E-state index contributed by atoms with van der Waals surface area (Å²) in [6.45, 7) is 2.77. The van der Waals surface area contributed by atoms with E-state index in [1.54, 1.807) is 24.5 Å². The Balaban J connectivity index is 2.17. The Labute approximate surface area is 122 Å². The minimum absolute atomic E-state index is 0.105. The van der Waals surface area contributed by atoms with Crippen LogP contribution >= 0.6 is 0 Å². The molecule has 0 aliphatic carbocycles. The van der Waals surface area contributed by atoms with Gasteiger partial charge in [-0.2, -0.15) is 0 Å². The number of aromatic nitrogens is 2. The summed E-state index contributed by atoms with van der Waals surface area (Å²) in [5.41, 5.74) is 0.105. The van der Waals surface area contributed by atoms with Crippen LogP contribution in [-0.4, -0.2) is 27.2 Å². The second kappa shape index (κ2) is 6.78. The van der Waals surface area contributed by atoms with Gasteiger partial charge in [0.25, 0.3) is 0 Å². The lowest BCUT2D eigenvalue weighted by molar-refractivity contribution is 0.0691. The number of rotatable bonds is 7. The van der Waals surface area contributed by atoms with E-state index in [-0.39, 0.29) is 17.9 Å². The number of aromatic carboxylic acids is 1. The molecule has 0 unspecified atom stereocenters. The highest BCUT2D eigenvalue weighted by atomic mass is 16.5. The third-order valence-electron chi connectivity index (χ3n) is 2.93. The number of nitrogens with zero attached hydrogens (tertiary/aromatic N) is 2. The van der Waals surface area contributed by atoms with Gasteiger partial charge >= 0.3 is 5.97 Å². The smallest absolute Gasteiger partial charge is 0.339 e. The van der Waals surface area contributed by atoms with Crippen LogP contribution in [0.4, 0.5) is 0 Å². The number of aryl methyl sites for hydroxylation is 1. The van der Waals surface area contributed by atoms with Crippen LogP contribution in [0.15, 0.2) is 30.6 Å². The summed E-state index contributed by atoms with van der Waals surface area (Å²) in [5, 5.41) is 9.20. The van der Waals surface area contributed by atoms with Gasteiger partial charge in [0.2, 0.25) is 0 Å². The third kappa shape index (κ3) is 3.75. The molecule has 1 aromatic heterocycles. The molecular weight excluding hydrogens is 272 g/mol. The van der Waals surface area contributed by atoms with Gasteiger partial charge in [-0.25, -0.2) is 9.78 Å². The highest BCUT2D eigenvalue weighted by Crippen LogP contribution is 2.26. The number of carbonyl (C=O) groups is 1. The second-order valence-corrected chi connectivity index (χ2v) is 4.55. The van der Waals surface area contributed by atoms with Crippen LogP contribution in [0.2, 0.25) is 0 Å². The summed E-state index contributed by atoms with van der Waals surface area (Å²) >= 11 is 0. The molecule has 0 bridgehead atoms. The van der Waals surface area contributed by atoms with Crippen molar-refractivity contribution in [3.05, 3.63) is 42.0 Å². The maximum Gasteiger partial charge on any atom is 0.339 e. The maximum absolute atomic E-state index is 11.2. The van der Waals surface area contributed by atoms with E-state index < -0.39 is 5.97 Å². The molecule has 0 radical (unpaired) electrons. The van der Waals surface area contributed by atoms with Crippen LogP contribution < -0.4 is 9.47 Å². The van der Waals surface area contributed by atoms with Crippen LogP contribution in [0.1, 0.15) is 29.5 Å². The van der Waals surface area contributed by atoms with E-state index in [0.717, 1.165) is 6.42 Å². The van der Waals surface area contributed by atoms with E-state index in [1.807, 2.05) is 18.5 Å². The van der Waals surface area contributed by atoms with Gasteiger partial charge < -0.3 is 19.1 Å². The van der Waals surface area contributed by atoms with E-state index in [4.69, 9.17) is 9.47 Å². The molecule has 0 fully saturated rings. The molecule has 2 aromatic rings. The molecular formula is C15H18N2O4. The summed E-state index contributed by atoms with van der Waals surface area (Å²) in [4.78, 5) is 15.4. The van der Waals surface area contributed by atoms with Gasteiger partial charge in [0.05, 0.1) is 6.61 Å². The van der Waals surface area contributed by atoms with Crippen molar-refractivity contribution in [1.82, 2.24) is 9.55 Å². The molecule has 0 spiro atoms. The largest absolute Gasteiger partial charge is 0.493 e. The van der Waals surface area contributed by atoms with Gasteiger partial charge in [0.1, 0.15) is 29.5 Å². The Morgan fingerprint density at radius 1 is 1.38 bits per heavy atom. The standard InChI is InChI=1S/C15H18N2O4/c1-3-8-20-11-4-5-12(15(18)19)13(9-11)21-10-14-16-6-7-17(14)2/h4-7,9H,3,8,10H2,1-2H3,(H,18,19). The monoisotopic (exact) mass is 290 g/mol. The predicted octanol–water partition coefficient (Wildman–Crippen LogP) is 2.49. The van der Waals surface area contributed by atoms with E-state index in [9.17, 15) is 9.90 Å². The molecule has 0 saturated heterocycles. The molecule has 2 rings (SSSR count). The molecule has 0 aliphatic heterocycles. The number of ether oxygens (including phenoxy) is 2. The third-order valence-corrected chi connectivity index (χ3v) is 2.93. The summed E-state index contributed by atoms with van der Waals surface area (Å²) in [7, 11) is 1.85. The van der Waals surface area contributed by atoms with Crippen LogP contribution in [0, 0.1) is 0 Å². The Bertz CT molecular complexity index is 622. The van der Waals surface area contributed by atoms with Crippen LogP contribution in [0.25, 0.3) is 0 Å². The van der Waals surface area contributed by atoms with Gasteiger partial charge in [-0.3, -0.25) is 0 Å². The van der Waals surface area contributed by atoms with Crippen molar-refractivity contribution in [2.45, 2.75) is 20.0 Å². The molecule has 0 amide bonds. The minimum Gasteiger partial charge on any atom is -0.493 e. The molecule has 112 valence electrons. The Hall–Kier alpha value is -2.50. The molecule has 21 heavy (non-hydrogen) atoms. The summed E-state index contributed by atoms with van der Waals surface area (Å²) < 4.78 is 12.9. The minimum atomic E-state index is -1.04. The van der Waals surface area contributed by atoms with Crippen molar-refractivity contribution < 1.29 is 19.4 Å². The lowest BCUT2D eigenvalue weighted by Gasteiger charge is -2.11. The zero-order chi connectivity index (χ0) is 15.2. The van der Waals surface area contributed by atoms with Gasteiger partial charge in [-0.05, 0) is 18.6 Å². The van der Waals surface area contributed by atoms with Crippen molar-refractivity contribution in [2.75, 3.05) is 6.61 Å². The fourth-order valence-corrected chi connectivity index (χ4v) is 1.79. The first-order valence-corrected chi connectivity index (χ1v) is 6.71. The van der Waals surface area contributed by atoms with Crippen molar-refractivity contribution in [1.29, 1.82) is 0 Å². The average molecular weight is 290 g/mol. The summed E-state index contributed by atoms with van der Waals surface area (Å²) in [6.07, 6.45) is 4.35. The lowest BCUT2D eigenvalue weighted by Crippen LogP contribution is -2.07. The fraction of sp³-hybridized carbons (Fsp3) is 0.333. The van der Waals surface area contributed by atoms with Crippen LogP contribution in [0.5, 0.6) is 11.5 Å². The average Bonchev–Trinajstić information content (AvgIpc) is 2.88. The first-order valence-electron chi connectivity index (χ1n) is 6.71. The van der Waals surface area contributed by atoms with E-state index in [1.165, 1.54) is 6.07 Å². The predicted molar refractivity (Wildman–Crippen MR) is 76.7 cm³/mol. The molecule has 6 heteroatoms.